The molecule has 3 nitrogen and oxygen atoms in total. The molecular weight excluding hydrogens is 297 g/mol. The third-order valence-corrected chi connectivity index (χ3v) is 4.01. The van der Waals surface area contributed by atoms with Gasteiger partial charge >= 0.3 is 6.92 Å². The van der Waals surface area contributed by atoms with Crippen LogP contribution >= 0.6 is 0 Å². The van der Waals surface area contributed by atoms with Crippen molar-refractivity contribution in [2.24, 2.45) is 0 Å². The number of benzene rings is 2. The molecule has 2 aromatic carbocycles. The molecule has 0 atom stereocenters. The first-order valence-corrected chi connectivity index (χ1v) is 8.53. The first-order chi connectivity index (χ1) is 11.5. The molecule has 0 unspecified atom stereocenters. The summed E-state index contributed by atoms with van der Waals surface area (Å²) in [4.78, 5) is 2.13. The third-order valence-electron chi connectivity index (χ3n) is 4.01. The van der Waals surface area contributed by atoms with Crippen molar-refractivity contribution in [2.75, 3.05) is 27.2 Å². The van der Waals surface area contributed by atoms with E-state index in [1.54, 1.807) is 0 Å². The maximum Gasteiger partial charge on any atom is 0.323 e. The predicted molar refractivity (Wildman–Crippen MR) is 102 cm³/mol. The van der Waals surface area contributed by atoms with E-state index in [1.165, 1.54) is 22.2 Å². The molecule has 24 heavy (non-hydrogen) atoms. The normalized spacial score (nSPS) is 11.0. The molecule has 0 spiro atoms. The lowest BCUT2D eigenvalue weighted by Crippen LogP contribution is -2.32. The van der Waals surface area contributed by atoms with Gasteiger partial charge in [0.15, 0.2) is 0 Å². The van der Waals surface area contributed by atoms with Crippen LogP contribution in [0.4, 0.5) is 0 Å². The van der Waals surface area contributed by atoms with Gasteiger partial charge in [-0.3, -0.25) is 0 Å². The van der Waals surface area contributed by atoms with Gasteiger partial charge in [0.2, 0.25) is 0 Å². The van der Waals surface area contributed by atoms with E-state index in [-0.39, 0.29) is 6.92 Å². The van der Waals surface area contributed by atoms with Gasteiger partial charge in [0, 0.05) is 13.2 Å². The second-order valence-corrected chi connectivity index (χ2v) is 6.54. The van der Waals surface area contributed by atoms with Crippen molar-refractivity contribution in [1.82, 2.24) is 4.90 Å². The number of hydrogen-bond acceptors (Lipinski definition) is 3. The maximum atomic E-state index is 5.85. The molecule has 0 heterocycles. The molecule has 0 bridgehead atoms. The molecule has 0 radical (unpaired) electrons. The summed E-state index contributed by atoms with van der Waals surface area (Å²) in [7, 11) is 4.11. The Morgan fingerprint density at radius 3 is 1.96 bits per heavy atom. The van der Waals surface area contributed by atoms with Gasteiger partial charge in [-0.15, -0.1) is 0 Å². The minimum Gasteiger partial charge on any atom is -0.430 e. The molecule has 0 saturated heterocycles. The monoisotopic (exact) mass is 325 g/mol. The summed E-state index contributed by atoms with van der Waals surface area (Å²) in [6, 6.07) is 17.0. The Morgan fingerprint density at radius 2 is 1.42 bits per heavy atom. The van der Waals surface area contributed by atoms with Crippen LogP contribution in [0.5, 0.6) is 0 Å². The zero-order valence-corrected chi connectivity index (χ0v) is 15.3. The van der Waals surface area contributed by atoms with Crippen LogP contribution in [-0.2, 0) is 22.6 Å². The number of rotatable bonds is 9. The highest BCUT2D eigenvalue weighted by molar-refractivity contribution is 6.66. The van der Waals surface area contributed by atoms with Crippen LogP contribution in [0.15, 0.2) is 48.5 Å². The van der Waals surface area contributed by atoms with E-state index < -0.39 is 0 Å². The summed E-state index contributed by atoms with van der Waals surface area (Å²) in [5.41, 5.74) is 4.87. The lowest BCUT2D eigenvalue weighted by molar-refractivity contribution is 0.107. The highest BCUT2D eigenvalue weighted by Crippen LogP contribution is 2.07. The molecule has 0 aliphatic rings. The molecule has 2 aromatic rings. The largest absolute Gasteiger partial charge is 0.430 e. The van der Waals surface area contributed by atoms with Crippen molar-refractivity contribution in [3.05, 3.63) is 65.2 Å². The number of hydrogen-bond donors (Lipinski definition) is 0. The molecule has 0 amide bonds. The summed E-state index contributed by atoms with van der Waals surface area (Å²) in [6.07, 6.45) is 0. The zero-order valence-electron chi connectivity index (χ0n) is 15.3. The summed E-state index contributed by atoms with van der Waals surface area (Å²) in [6.45, 7) is 7.27. The molecule has 0 aromatic heterocycles. The van der Waals surface area contributed by atoms with E-state index in [1.807, 2.05) is 0 Å². The molecule has 0 fully saturated rings. The highest BCUT2D eigenvalue weighted by atomic mass is 16.5. The Morgan fingerprint density at radius 1 is 0.875 bits per heavy atom. The van der Waals surface area contributed by atoms with Gasteiger partial charge in [-0.05, 0) is 37.6 Å². The van der Waals surface area contributed by atoms with Gasteiger partial charge in [0.05, 0.1) is 13.2 Å². The number of nitrogens with zero attached hydrogens (tertiary/aromatic N) is 1. The number of likely N-dealkylation sites (N-methyl/N-ethyl adjacent to an activating group) is 1. The first kappa shape index (κ1) is 18.7. The molecule has 0 aliphatic carbocycles. The van der Waals surface area contributed by atoms with Gasteiger partial charge < -0.3 is 14.3 Å². The van der Waals surface area contributed by atoms with Gasteiger partial charge in [0.1, 0.15) is 0 Å². The van der Waals surface area contributed by atoms with Crippen molar-refractivity contribution < 1.29 is 9.39 Å². The van der Waals surface area contributed by atoms with E-state index in [4.69, 9.17) is 9.39 Å². The van der Waals surface area contributed by atoms with Crippen LogP contribution in [0, 0.1) is 6.92 Å². The lowest BCUT2D eigenvalue weighted by atomic mass is 9.63. The summed E-state index contributed by atoms with van der Waals surface area (Å²) in [5.74, 6) is 0. The fourth-order valence-corrected chi connectivity index (χ4v) is 2.36. The van der Waals surface area contributed by atoms with Crippen molar-refractivity contribution in [3.8, 4) is 0 Å². The second kappa shape index (κ2) is 9.63. The Labute approximate surface area is 146 Å². The number of ether oxygens (including phenoxy) is 1. The Kier molecular flexibility index (Phi) is 7.51. The van der Waals surface area contributed by atoms with Gasteiger partial charge in [-0.1, -0.05) is 60.9 Å². The Hall–Kier alpha value is -1.62. The maximum absolute atomic E-state index is 5.85. The first-order valence-electron chi connectivity index (χ1n) is 8.53. The number of aryl methyl sites for hydroxylation is 1. The van der Waals surface area contributed by atoms with Crippen molar-refractivity contribution in [2.45, 2.75) is 27.0 Å². The van der Waals surface area contributed by atoms with Gasteiger partial charge in [0.25, 0.3) is 0 Å². The van der Waals surface area contributed by atoms with E-state index >= 15 is 0 Å². The molecule has 0 N–H and O–H groups in total. The fraction of sp³-hybridized carbons (Fsp3) is 0.400. The van der Waals surface area contributed by atoms with Gasteiger partial charge in [-0.25, -0.2) is 0 Å². The van der Waals surface area contributed by atoms with Crippen LogP contribution in [0.3, 0.4) is 0 Å². The lowest BCUT2D eigenvalue weighted by Gasteiger charge is -2.14. The zero-order chi connectivity index (χ0) is 17.4. The van der Waals surface area contributed by atoms with E-state index in [0.29, 0.717) is 13.2 Å². The topological polar surface area (TPSA) is 21.7 Å². The molecule has 128 valence electrons. The van der Waals surface area contributed by atoms with Crippen LogP contribution < -0.4 is 5.46 Å². The predicted octanol–water partition coefficient (Wildman–Crippen LogP) is 3.12. The van der Waals surface area contributed by atoms with E-state index in [0.717, 1.165) is 13.2 Å². The summed E-state index contributed by atoms with van der Waals surface area (Å²) >= 11 is 0. The Balaban J connectivity index is 1.76. The van der Waals surface area contributed by atoms with Crippen LogP contribution in [0.25, 0.3) is 0 Å². The highest BCUT2D eigenvalue weighted by Gasteiger charge is 2.11. The quantitative estimate of drug-likeness (QED) is 0.661. The second-order valence-electron chi connectivity index (χ2n) is 6.54. The third kappa shape index (κ3) is 6.48. The summed E-state index contributed by atoms with van der Waals surface area (Å²) in [5, 5.41) is 0. The Bertz CT molecular complexity index is 596. The van der Waals surface area contributed by atoms with Crippen molar-refractivity contribution in [1.29, 1.82) is 0 Å². The molecule has 2 rings (SSSR count). The van der Waals surface area contributed by atoms with E-state index in [9.17, 15) is 0 Å². The SMILES string of the molecule is CB(OCCN(C)C)c1ccc(COCc2ccc(C)cc2)cc1. The summed E-state index contributed by atoms with van der Waals surface area (Å²) < 4.78 is 11.7. The average Bonchev–Trinajstić information content (AvgIpc) is 2.57. The van der Waals surface area contributed by atoms with Crippen molar-refractivity contribution in [3.63, 3.8) is 0 Å². The standard InChI is InChI=1S/C20H28BNO2/c1-17-5-7-18(8-6-17)15-23-16-19-9-11-20(12-10-19)21(2)24-14-13-22(3)4/h5-12H,13-16H2,1-4H3. The molecule has 0 aliphatic heterocycles. The average molecular weight is 325 g/mol. The van der Waals surface area contributed by atoms with Crippen LogP contribution in [0.1, 0.15) is 16.7 Å². The van der Waals surface area contributed by atoms with Gasteiger partial charge in [-0.2, -0.15) is 0 Å². The fourth-order valence-electron chi connectivity index (χ4n) is 2.36. The minimum absolute atomic E-state index is 0.118. The smallest absolute Gasteiger partial charge is 0.323 e. The molecule has 0 saturated carbocycles. The molecule has 4 heteroatoms. The van der Waals surface area contributed by atoms with Crippen LogP contribution in [0.2, 0.25) is 6.82 Å². The molecular formula is C20H28BNO2. The minimum atomic E-state index is 0.118. The van der Waals surface area contributed by atoms with Crippen LogP contribution in [-0.4, -0.2) is 39.1 Å². The van der Waals surface area contributed by atoms with Crippen molar-refractivity contribution >= 4 is 12.4 Å². The van der Waals surface area contributed by atoms with E-state index in [2.05, 4.69) is 81.3 Å².